The van der Waals surface area contributed by atoms with Crippen LogP contribution in [0.25, 0.3) is 0 Å². The SMILES string of the molecule is CCCCNC(=O)[C@@H](C)N(Cc1ccc(F)cc1)C(=O)CN(c1ccccc1)S(=O)(=O)c1ccc(OCC)cc1. The standard InChI is InChI=1S/C30H36FN3O5S/c1-4-6-20-32-30(36)23(3)33(21-24-12-14-25(31)15-13-24)29(35)22-34(26-10-8-7-9-11-26)40(37,38)28-18-16-27(17-19-28)39-5-2/h7-19,23H,4-6,20-22H2,1-3H3,(H,32,36)/t23-/m1/s1. The van der Waals surface area contributed by atoms with Gasteiger partial charge in [-0.05, 0) is 74.4 Å². The van der Waals surface area contributed by atoms with E-state index < -0.39 is 34.3 Å². The van der Waals surface area contributed by atoms with Gasteiger partial charge in [0.2, 0.25) is 11.8 Å². The van der Waals surface area contributed by atoms with Gasteiger partial charge in [-0.3, -0.25) is 13.9 Å². The van der Waals surface area contributed by atoms with Crippen molar-refractivity contribution in [3.63, 3.8) is 0 Å². The quantitative estimate of drug-likeness (QED) is 0.283. The number of hydrogen-bond acceptors (Lipinski definition) is 5. The number of benzene rings is 3. The van der Waals surface area contributed by atoms with E-state index in [0.29, 0.717) is 30.2 Å². The summed E-state index contributed by atoms with van der Waals surface area (Å²) in [4.78, 5) is 28.1. The summed E-state index contributed by atoms with van der Waals surface area (Å²) >= 11 is 0. The Hall–Kier alpha value is -3.92. The Balaban J connectivity index is 1.96. The Labute approximate surface area is 235 Å². The molecule has 40 heavy (non-hydrogen) atoms. The third-order valence-electron chi connectivity index (χ3n) is 6.31. The zero-order valence-electron chi connectivity index (χ0n) is 23.0. The molecule has 0 radical (unpaired) electrons. The Morgan fingerprint density at radius 2 is 1.60 bits per heavy atom. The molecular formula is C30H36FN3O5S. The van der Waals surface area contributed by atoms with Crippen LogP contribution < -0.4 is 14.4 Å². The van der Waals surface area contributed by atoms with Gasteiger partial charge in [-0.15, -0.1) is 0 Å². The first-order valence-electron chi connectivity index (χ1n) is 13.3. The molecule has 0 heterocycles. The topological polar surface area (TPSA) is 96.0 Å². The second kappa shape index (κ2) is 14.5. The largest absolute Gasteiger partial charge is 0.494 e. The fourth-order valence-electron chi connectivity index (χ4n) is 4.03. The van der Waals surface area contributed by atoms with Gasteiger partial charge in [0.25, 0.3) is 10.0 Å². The van der Waals surface area contributed by atoms with Crippen molar-refractivity contribution in [1.82, 2.24) is 10.2 Å². The number of unbranched alkanes of at least 4 members (excludes halogenated alkanes) is 1. The van der Waals surface area contributed by atoms with E-state index in [1.54, 1.807) is 49.4 Å². The average Bonchev–Trinajstić information content (AvgIpc) is 2.96. The lowest BCUT2D eigenvalue weighted by molar-refractivity contribution is -0.139. The molecule has 0 bridgehead atoms. The molecule has 0 unspecified atom stereocenters. The van der Waals surface area contributed by atoms with Crippen molar-refractivity contribution >= 4 is 27.5 Å². The lowest BCUT2D eigenvalue weighted by Crippen LogP contribution is -2.51. The predicted molar refractivity (Wildman–Crippen MR) is 153 cm³/mol. The van der Waals surface area contributed by atoms with Crippen LogP contribution in [0.15, 0.2) is 83.8 Å². The highest BCUT2D eigenvalue weighted by molar-refractivity contribution is 7.92. The summed E-state index contributed by atoms with van der Waals surface area (Å²) < 4.78 is 47.7. The zero-order valence-corrected chi connectivity index (χ0v) is 23.9. The van der Waals surface area contributed by atoms with Gasteiger partial charge in [-0.2, -0.15) is 0 Å². The Morgan fingerprint density at radius 1 is 0.950 bits per heavy atom. The van der Waals surface area contributed by atoms with Gasteiger partial charge in [0.1, 0.15) is 24.2 Å². The van der Waals surface area contributed by atoms with Crippen molar-refractivity contribution in [2.75, 3.05) is 24.0 Å². The van der Waals surface area contributed by atoms with E-state index >= 15 is 0 Å². The molecule has 2 amide bonds. The van der Waals surface area contributed by atoms with E-state index in [2.05, 4.69) is 5.32 Å². The highest BCUT2D eigenvalue weighted by atomic mass is 32.2. The molecule has 10 heteroatoms. The predicted octanol–water partition coefficient (Wildman–Crippen LogP) is 4.75. The lowest BCUT2D eigenvalue weighted by Gasteiger charge is -2.32. The maximum atomic E-state index is 13.8. The van der Waals surface area contributed by atoms with Crippen molar-refractivity contribution in [3.05, 3.63) is 90.2 Å². The number of carbonyl (C=O) groups excluding carboxylic acids is 2. The summed E-state index contributed by atoms with van der Waals surface area (Å²) in [6, 6.07) is 19.0. The number of carbonyl (C=O) groups is 2. The van der Waals surface area contributed by atoms with Gasteiger partial charge < -0.3 is 15.0 Å². The summed E-state index contributed by atoms with van der Waals surface area (Å²) in [5, 5.41) is 2.83. The summed E-state index contributed by atoms with van der Waals surface area (Å²) in [7, 11) is -4.18. The van der Waals surface area contributed by atoms with Crippen molar-refractivity contribution in [2.24, 2.45) is 0 Å². The van der Waals surface area contributed by atoms with Gasteiger partial charge in [0.05, 0.1) is 17.2 Å². The van der Waals surface area contributed by atoms with Crippen LogP contribution in [0, 0.1) is 5.82 Å². The zero-order chi connectivity index (χ0) is 29.1. The summed E-state index contributed by atoms with van der Waals surface area (Å²) in [6.07, 6.45) is 1.68. The van der Waals surface area contributed by atoms with E-state index in [1.165, 1.54) is 41.3 Å². The van der Waals surface area contributed by atoms with Gasteiger partial charge in [0, 0.05) is 13.1 Å². The molecule has 3 rings (SSSR count). The van der Waals surface area contributed by atoms with E-state index in [0.717, 1.165) is 17.1 Å². The summed E-state index contributed by atoms with van der Waals surface area (Å²) in [6.45, 7) is 5.77. The minimum atomic E-state index is -4.18. The van der Waals surface area contributed by atoms with Crippen LogP contribution in [0.2, 0.25) is 0 Å². The van der Waals surface area contributed by atoms with Crippen LogP contribution in [0.5, 0.6) is 5.75 Å². The number of rotatable bonds is 14. The molecule has 0 saturated carbocycles. The summed E-state index contributed by atoms with van der Waals surface area (Å²) in [5.74, 6) is -0.841. The number of sulfonamides is 1. The molecule has 0 aliphatic carbocycles. The third-order valence-corrected chi connectivity index (χ3v) is 8.10. The first-order valence-corrected chi connectivity index (χ1v) is 14.7. The number of para-hydroxylation sites is 1. The van der Waals surface area contributed by atoms with Crippen molar-refractivity contribution in [3.8, 4) is 5.75 Å². The fraction of sp³-hybridized carbons (Fsp3) is 0.333. The molecule has 0 fully saturated rings. The Kier molecular flexibility index (Phi) is 11.1. The number of halogens is 1. The van der Waals surface area contributed by atoms with Crippen molar-refractivity contribution in [2.45, 2.75) is 51.1 Å². The normalized spacial score (nSPS) is 11.9. The molecule has 0 aromatic heterocycles. The molecule has 3 aromatic rings. The number of amides is 2. The highest BCUT2D eigenvalue weighted by Gasteiger charge is 2.32. The van der Waals surface area contributed by atoms with E-state index in [9.17, 15) is 22.4 Å². The van der Waals surface area contributed by atoms with Crippen LogP contribution in [0.4, 0.5) is 10.1 Å². The molecule has 214 valence electrons. The first kappa shape index (κ1) is 30.6. The average molecular weight is 570 g/mol. The fourth-order valence-corrected chi connectivity index (χ4v) is 5.44. The number of ether oxygens (including phenoxy) is 1. The number of nitrogens with one attached hydrogen (secondary N) is 1. The smallest absolute Gasteiger partial charge is 0.264 e. The molecule has 0 aliphatic rings. The van der Waals surface area contributed by atoms with Crippen LogP contribution in [-0.2, 0) is 26.2 Å². The lowest BCUT2D eigenvalue weighted by atomic mass is 10.1. The maximum Gasteiger partial charge on any atom is 0.264 e. The number of nitrogens with zero attached hydrogens (tertiary/aromatic N) is 2. The molecule has 1 N–H and O–H groups in total. The number of hydrogen-bond donors (Lipinski definition) is 1. The van der Waals surface area contributed by atoms with Crippen molar-refractivity contribution in [1.29, 1.82) is 0 Å². The van der Waals surface area contributed by atoms with Crippen LogP contribution >= 0.6 is 0 Å². The second-order valence-corrected chi connectivity index (χ2v) is 11.1. The van der Waals surface area contributed by atoms with E-state index in [4.69, 9.17) is 4.74 Å². The maximum absolute atomic E-state index is 13.8. The highest BCUT2D eigenvalue weighted by Crippen LogP contribution is 2.26. The molecule has 3 aromatic carbocycles. The summed E-state index contributed by atoms with van der Waals surface area (Å²) in [5.41, 5.74) is 0.898. The molecule has 1 atom stereocenters. The monoisotopic (exact) mass is 569 g/mol. The molecule has 8 nitrogen and oxygen atoms in total. The minimum absolute atomic E-state index is 0.00674. The van der Waals surface area contributed by atoms with Crippen LogP contribution in [0.3, 0.4) is 0 Å². The Morgan fingerprint density at radius 3 is 2.20 bits per heavy atom. The van der Waals surface area contributed by atoms with Gasteiger partial charge >= 0.3 is 0 Å². The first-order chi connectivity index (χ1) is 19.2. The van der Waals surface area contributed by atoms with E-state index in [1.807, 2.05) is 13.8 Å². The third kappa shape index (κ3) is 8.05. The molecule has 0 aliphatic heterocycles. The molecule has 0 saturated heterocycles. The van der Waals surface area contributed by atoms with Crippen LogP contribution in [0.1, 0.15) is 39.2 Å². The molecule has 0 spiro atoms. The van der Waals surface area contributed by atoms with E-state index in [-0.39, 0.29) is 17.3 Å². The minimum Gasteiger partial charge on any atom is -0.494 e. The van der Waals surface area contributed by atoms with Gasteiger partial charge in [0.15, 0.2) is 0 Å². The second-order valence-electron chi connectivity index (χ2n) is 9.22. The molecular weight excluding hydrogens is 533 g/mol. The number of anilines is 1. The Bertz CT molecular complexity index is 1350. The van der Waals surface area contributed by atoms with Crippen molar-refractivity contribution < 1.29 is 27.1 Å². The van der Waals surface area contributed by atoms with Crippen LogP contribution in [-0.4, -0.2) is 50.9 Å². The van der Waals surface area contributed by atoms with Gasteiger partial charge in [-0.1, -0.05) is 43.7 Å². The van der Waals surface area contributed by atoms with Gasteiger partial charge in [-0.25, -0.2) is 12.8 Å².